The second-order valence-electron chi connectivity index (χ2n) is 4.35. The fraction of sp³-hybridized carbons (Fsp3) is 0.417. The van der Waals surface area contributed by atoms with Crippen LogP contribution in [0.4, 0.5) is 5.69 Å². The number of amides is 1. The molecular formula is C12H16BrIN2O. The highest BCUT2D eigenvalue weighted by atomic mass is 127. The number of hydrogen-bond acceptors (Lipinski definition) is 2. The molecule has 0 spiro atoms. The lowest BCUT2D eigenvalue weighted by Gasteiger charge is -2.15. The Morgan fingerprint density at radius 2 is 2.18 bits per heavy atom. The average Bonchev–Trinajstić information content (AvgIpc) is 2.22. The van der Waals surface area contributed by atoms with E-state index in [9.17, 15) is 4.79 Å². The lowest BCUT2D eigenvalue weighted by atomic mass is 10.0. The van der Waals surface area contributed by atoms with Crippen molar-refractivity contribution in [1.29, 1.82) is 0 Å². The van der Waals surface area contributed by atoms with Crippen molar-refractivity contribution < 1.29 is 4.79 Å². The average molecular weight is 411 g/mol. The summed E-state index contributed by atoms with van der Waals surface area (Å²) in [5, 5.41) is 2.84. The summed E-state index contributed by atoms with van der Waals surface area (Å²) in [5.41, 5.74) is 6.59. The summed E-state index contributed by atoms with van der Waals surface area (Å²) in [5.74, 6) is 0.275. The quantitative estimate of drug-likeness (QED) is 0.747. The van der Waals surface area contributed by atoms with Crippen LogP contribution in [0, 0.1) is 9.49 Å². The minimum absolute atomic E-state index is 0.138. The predicted molar refractivity (Wildman–Crippen MR) is 82.9 cm³/mol. The number of halogens is 2. The van der Waals surface area contributed by atoms with Crippen LogP contribution in [0.3, 0.4) is 0 Å². The van der Waals surface area contributed by atoms with Gasteiger partial charge in [-0.05, 0) is 69.1 Å². The molecule has 1 aromatic carbocycles. The Bertz CT molecular complexity index is 409. The van der Waals surface area contributed by atoms with Crippen LogP contribution in [0.5, 0.6) is 0 Å². The number of carbonyl (C=O) groups is 1. The van der Waals surface area contributed by atoms with Gasteiger partial charge in [0.2, 0.25) is 5.91 Å². The van der Waals surface area contributed by atoms with Crippen molar-refractivity contribution in [3.05, 3.63) is 26.2 Å². The van der Waals surface area contributed by atoms with E-state index in [2.05, 4.69) is 57.7 Å². The van der Waals surface area contributed by atoms with E-state index in [0.717, 1.165) is 13.7 Å². The van der Waals surface area contributed by atoms with Gasteiger partial charge in [0.1, 0.15) is 0 Å². The van der Waals surface area contributed by atoms with E-state index in [1.54, 1.807) is 0 Å². The molecule has 0 aliphatic heterocycles. The van der Waals surface area contributed by atoms with E-state index in [1.807, 2.05) is 18.2 Å². The molecule has 1 amide bonds. The second-order valence-corrected chi connectivity index (χ2v) is 6.45. The highest BCUT2D eigenvalue weighted by Crippen LogP contribution is 2.24. The first-order valence-electron chi connectivity index (χ1n) is 5.41. The summed E-state index contributed by atoms with van der Waals surface area (Å²) >= 11 is 5.60. The predicted octanol–water partition coefficient (Wildman–Crippen LogP) is 3.37. The van der Waals surface area contributed by atoms with Gasteiger partial charge in [-0.25, -0.2) is 0 Å². The Balaban J connectivity index is 2.70. The lowest BCUT2D eigenvalue weighted by molar-refractivity contribution is -0.117. The fourth-order valence-corrected chi connectivity index (χ4v) is 2.27. The molecule has 3 N–H and O–H groups in total. The normalized spacial score (nSPS) is 12.6. The largest absolute Gasteiger partial charge is 0.324 e. The molecule has 5 heteroatoms. The highest BCUT2D eigenvalue weighted by Gasteiger charge is 2.16. The molecule has 0 aromatic heterocycles. The molecule has 0 radical (unpaired) electrons. The smallest absolute Gasteiger partial charge is 0.241 e. The molecule has 0 aliphatic rings. The van der Waals surface area contributed by atoms with E-state index in [0.29, 0.717) is 12.3 Å². The Morgan fingerprint density at radius 3 is 2.76 bits per heavy atom. The number of carbonyl (C=O) groups excluding carboxylic acids is 1. The second kappa shape index (κ2) is 6.70. The van der Waals surface area contributed by atoms with Gasteiger partial charge >= 0.3 is 0 Å². The summed E-state index contributed by atoms with van der Waals surface area (Å²) in [4.78, 5) is 11.9. The molecular weight excluding hydrogens is 395 g/mol. The molecule has 1 atom stereocenters. The lowest BCUT2D eigenvalue weighted by Crippen LogP contribution is -2.36. The third-order valence-electron chi connectivity index (χ3n) is 2.25. The van der Waals surface area contributed by atoms with Gasteiger partial charge in [0.15, 0.2) is 0 Å². The highest BCUT2D eigenvalue weighted by molar-refractivity contribution is 14.1. The molecule has 0 fully saturated rings. The van der Waals surface area contributed by atoms with E-state index in [1.165, 1.54) is 0 Å². The molecule has 0 aliphatic carbocycles. The topological polar surface area (TPSA) is 55.1 Å². The number of nitrogens with two attached hydrogens (primary N) is 1. The molecule has 0 bridgehead atoms. The molecule has 1 rings (SSSR count). The van der Waals surface area contributed by atoms with Crippen molar-refractivity contribution in [3.63, 3.8) is 0 Å². The van der Waals surface area contributed by atoms with Crippen LogP contribution in [-0.4, -0.2) is 11.9 Å². The molecule has 0 heterocycles. The summed E-state index contributed by atoms with van der Waals surface area (Å²) in [6.07, 6.45) is 0.688. The number of nitrogens with one attached hydrogen (secondary N) is 1. The van der Waals surface area contributed by atoms with Crippen LogP contribution in [0.1, 0.15) is 20.3 Å². The number of rotatable bonds is 4. The van der Waals surface area contributed by atoms with Crippen LogP contribution in [0.25, 0.3) is 0 Å². The standard InChI is InChI=1S/C12H16BrIN2O/c1-7(2)5-10(15)12(17)16-11-6-8(14)3-4-9(11)13/h3-4,6-7,10H,5,15H2,1-2H3,(H,16,17). The van der Waals surface area contributed by atoms with Crippen molar-refractivity contribution in [2.75, 3.05) is 5.32 Å². The van der Waals surface area contributed by atoms with Crippen molar-refractivity contribution in [1.82, 2.24) is 0 Å². The van der Waals surface area contributed by atoms with Gasteiger partial charge in [-0.3, -0.25) is 4.79 Å². The van der Waals surface area contributed by atoms with Gasteiger partial charge in [0.25, 0.3) is 0 Å². The van der Waals surface area contributed by atoms with E-state index in [4.69, 9.17) is 5.73 Å². The first-order valence-corrected chi connectivity index (χ1v) is 7.29. The number of anilines is 1. The zero-order chi connectivity index (χ0) is 13.0. The molecule has 3 nitrogen and oxygen atoms in total. The molecule has 0 saturated heterocycles. The van der Waals surface area contributed by atoms with Gasteiger partial charge in [-0.2, -0.15) is 0 Å². The minimum atomic E-state index is -0.459. The summed E-state index contributed by atoms with van der Waals surface area (Å²) in [7, 11) is 0. The zero-order valence-electron chi connectivity index (χ0n) is 9.84. The first-order chi connectivity index (χ1) is 7.90. The summed E-state index contributed by atoms with van der Waals surface area (Å²) < 4.78 is 1.93. The number of hydrogen-bond donors (Lipinski definition) is 2. The van der Waals surface area contributed by atoms with Gasteiger partial charge in [-0.1, -0.05) is 13.8 Å². The van der Waals surface area contributed by atoms with E-state index >= 15 is 0 Å². The van der Waals surface area contributed by atoms with Crippen LogP contribution in [-0.2, 0) is 4.79 Å². The van der Waals surface area contributed by atoms with Crippen molar-refractivity contribution >= 4 is 50.1 Å². The molecule has 94 valence electrons. The maximum atomic E-state index is 11.9. The van der Waals surface area contributed by atoms with Crippen LogP contribution >= 0.6 is 38.5 Å². The monoisotopic (exact) mass is 410 g/mol. The fourth-order valence-electron chi connectivity index (χ4n) is 1.43. The zero-order valence-corrected chi connectivity index (χ0v) is 13.6. The molecule has 1 aromatic rings. The van der Waals surface area contributed by atoms with Crippen molar-refractivity contribution in [2.24, 2.45) is 11.7 Å². The Labute approximate surface area is 124 Å². The third kappa shape index (κ3) is 4.93. The summed E-state index contributed by atoms with van der Waals surface area (Å²) in [6.45, 7) is 4.10. The molecule has 0 saturated carbocycles. The summed E-state index contributed by atoms with van der Waals surface area (Å²) in [6, 6.07) is 5.32. The maximum absolute atomic E-state index is 11.9. The molecule has 17 heavy (non-hydrogen) atoms. The van der Waals surface area contributed by atoms with Gasteiger partial charge in [0.05, 0.1) is 11.7 Å². The Kier molecular flexibility index (Phi) is 5.88. The first kappa shape index (κ1) is 14.9. The van der Waals surface area contributed by atoms with Gasteiger partial charge < -0.3 is 11.1 Å². The number of benzene rings is 1. The SMILES string of the molecule is CC(C)CC(N)C(=O)Nc1cc(I)ccc1Br. The van der Waals surface area contributed by atoms with Crippen LogP contribution < -0.4 is 11.1 Å². The Hall–Kier alpha value is -0.140. The van der Waals surface area contributed by atoms with Gasteiger partial charge in [-0.15, -0.1) is 0 Å². The van der Waals surface area contributed by atoms with Crippen LogP contribution in [0.2, 0.25) is 0 Å². The minimum Gasteiger partial charge on any atom is -0.324 e. The van der Waals surface area contributed by atoms with E-state index in [-0.39, 0.29) is 5.91 Å². The molecule has 1 unspecified atom stereocenters. The third-order valence-corrected chi connectivity index (χ3v) is 3.61. The van der Waals surface area contributed by atoms with Crippen molar-refractivity contribution in [2.45, 2.75) is 26.3 Å². The van der Waals surface area contributed by atoms with Crippen LogP contribution in [0.15, 0.2) is 22.7 Å². The Morgan fingerprint density at radius 1 is 1.53 bits per heavy atom. The van der Waals surface area contributed by atoms with E-state index < -0.39 is 6.04 Å². The van der Waals surface area contributed by atoms with Gasteiger partial charge in [0, 0.05) is 8.04 Å². The maximum Gasteiger partial charge on any atom is 0.241 e. The van der Waals surface area contributed by atoms with Crippen molar-refractivity contribution in [3.8, 4) is 0 Å².